The summed E-state index contributed by atoms with van der Waals surface area (Å²) in [6, 6.07) is 0. The molecular formula is C19H36O2. The van der Waals surface area contributed by atoms with Crippen LogP contribution >= 0.6 is 0 Å². The lowest BCUT2D eigenvalue weighted by Gasteiger charge is -2.64. The van der Waals surface area contributed by atoms with Crippen LogP contribution in [0.4, 0.5) is 0 Å². The summed E-state index contributed by atoms with van der Waals surface area (Å²) in [6.07, 6.45) is 1.99. The van der Waals surface area contributed by atoms with Crippen molar-refractivity contribution in [1.29, 1.82) is 0 Å². The Morgan fingerprint density at radius 1 is 1.00 bits per heavy atom. The fourth-order valence-corrected chi connectivity index (χ4v) is 4.04. The molecule has 0 N–H and O–H groups in total. The minimum Gasteiger partial charge on any atom is -0.461 e. The van der Waals surface area contributed by atoms with Gasteiger partial charge in [-0.2, -0.15) is 0 Å². The maximum Gasteiger partial charge on any atom is 0.311 e. The molecule has 0 amide bonds. The molecule has 0 heterocycles. The summed E-state index contributed by atoms with van der Waals surface area (Å²) in [7, 11) is 0. The van der Waals surface area contributed by atoms with Crippen molar-refractivity contribution in [3.8, 4) is 0 Å². The minimum absolute atomic E-state index is 0.00988. The van der Waals surface area contributed by atoms with Gasteiger partial charge in [-0.15, -0.1) is 0 Å². The lowest BCUT2D eigenvalue weighted by atomic mass is 9.43. The van der Waals surface area contributed by atoms with E-state index in [1.165, 1.54) is 0 Å². The van der Waals surface area contributed by atoms with Gasteiger partial charge in [0.2, 0.25) is 0 Å². The summed E-state index contributed by atoms with van der Waals surface area (Å²) in [5.74, 6) is 0.526. The second kappa shape index (κ2) is 5.28. The molecule has 0 saturated heterocycles. The minimum atomic E-state index is -0.388. The summed E-state index contributed by atoms with van der Waals surface area (Å²) in [5, 5.41) is 0. The van der Waals surface area contributed by atoms with Gasteiger partial charge in [-0.05, 0) is 38.0 Å². The third-order valence-corrected chi connectivity index (χ3v) is 5.63. The lowest BCUT2D eigenvalue weighted by Crippen LogP contribution is -2.66. The molecule has 1 saturated carbocycles. The Kier molecular flexibility index (Phi) is 4.66. The predicted molar refractivity (Wildman–Crippen MR) is 89.1 cm³/mol. The van der Waals surface area contributed by atoms with Crippen molar-refractivity contribution in [2.24, 2.45) is 27.6 Å². The predicted octanol–water partition coefficient (Wildman–Crippen LogP) is 5.45. The highest BCUT2D eigenvalue weighted by molar-refractivity contribution is 5.76. The summed E-state index contributed by atoms with van der Waals surface area (Å²) < 4.78 is 5.98. The molecule has 21 heavy (non-hydrogen) atoms. The number of hydrogen-bond acceptors (Lipinski definition) is 2. The van der Waals surface area contributed by atoms with E-state index < -0.39 is 0 Å². The summed E-state index contributed by atoms with van der Waals surface area (Å²) in [6.45, 7) is 21.9. The van der Waals surface area contributed by atoms with Crippen LogP contribution in [0.1, 0.15) is 82.1 Å². The van der Waals surface area contributed by atoms with Crippen LogP contribution < -0.4 is 0 Å². The van der Waals surface area contributed by atoms with Crippen LogP contribution in [0.5, 0.6) is 0 Å². The Labute approximate surface area is 132 Å². The first kappa shape index (κ1) is 18.5. The molecule has 0 aromatic rings. The molecule has 0 aliphatic heterocycles. The fraction of sp³-hybridized carbons (Fsp3) is 0.947. The first-order chi connectivity index (χ1) is 9.16. The molecular weight excluding hydrogens is 260 g/mol. The fourth-order valence-electron chi connectivity index (χ4n) is 4.04. The second-order valence-electron chi connectivity index (χ2n) is 9.98. The second-order valence-corrected chi connectivity index (χ2v) is 9.98. The number of ether oxygens (including phenoxy) is 1. The highest BCUT2D eigenvalue weighted by Gasteiger charge is 2.64. The third kappa shape index (κ3) is 3.46. The molecule has 0 unspecified atom stereocenters. The molecule has 1 aliphatic rings. The van der Waals surface area contributed by atoms with Crippen LogP contribution in [0.25, 0.3) is 0 Å². The zero-order valence-electron chi connectivity index (χ0n) is 15.9. The molecule has 0 spiro atoms. The molecule has 0 radical (unpaired) electrons. The van der Waals surface area contributed by atoms with Crippen LogP contribution in [0.2, 0.25) is 0 Å². The highest BCUT2D eigenvalue weighted by atomic mass is 16.5. The van der Waals surface area contributed by atoms with E-state index in [4.69, 9.17) is 4.74 Å². The van der Waals surface area contributed by atoms with Crippen LogP contribution in [0, 0.1) is 27.6 Å². The molecule has 1 rings (SSSR count). The van der Waals surface area contributed by atoms with Crippen molar-refractivity contribution in [3.63, 3.8) is 0 Å². The Hall–Kier alpha value is -0.530. The maximum absolute atomic E-state index is 12.4. The van der Waals surface area contributed by atoms with Crippen LogP contribution in [-0.2, 0) is 9.53 Å². The topological polar surface area (TPSA) is 26.3 Å². The van der Waals surface area contributed by atoms with E-state index in [0.29, 0.717) is 11.3 Å². The number of rotatable bonds is 4. The van der Waals surface area contributed by atoms with E-state index in [0.717, 1.165) is 12.8 Å². The van der Waals surface area contributed by atoms with Gasteiger partial charge >= 0.3 is 5.97 Å². The van der Waals surface area contributed by atoms with E-state index in [2.05, 4.69) is 48.5 Å². The van der Waals surface area contributed by atoms with E-state index in [-0.39, 0.29) is 28.3 Å². The van der Waals surface area contributed by atoms with Crippen LogP contribution in [-0.4, -0.2) is 12.1 Å². The Balaban J connectivity index is 2.90. The summed E-state index contributed by atoms with van der Waals surface area (Å²) in [5.41, 5.74) is 0.0185. The molecule has 0 aromatic carbocycles. The first-order valence-corrected chi connectivity index (χ1v) is 8.37. The largest absolute Gasteiger partial charge is 0.461 e. The number of esters is 1. The highest BCUT2D eigenvalue weighted by Crippen LogP contribution is 2.63. The van der Waals surface area contributed by atoms with Gasteiger partial charge in [0.05, 0.1) is 5.41 Å². The summed E-state index contributed by atoms with van der Waals surface area (Å²) >= 11 is 0. The number of carbonyl (C=O) groups excluding carboxylic acids is 1. The smallest absolute Gasteiger partial charge is 0.311 e. The standard InChI is InChI=1S/C19H36O2/c1-11-17(5,6)15(20)21-14-18(7,8)13(19(14,9)10)12-16(2,3)4/h13-14H,11-12H2,1-10H3. The van der Waals surface area contributed by atoms with Crippen molar-refractivity contribution >= 4 is 5.97 Å². The molecule has 1 aliphatic carbocycles. The first-order valence-electron chi connectivity index (χ1n) is 8.37. The number of hydrogen-bond donors (Lipinski definition) is 0. The monoisotopic (exact) mass is 296 g/mol. The normalized spacial score (nSPS) is 27.9. The Morgan fingerprint density at radius 3 is 1.76 bits per heavy atom. The zero-order valence-corrected chi connectivity index (χ0v) is 15.9. The lowest BCUT2D eigenvalue weighted by molar-refractivity contribution is -0.245. The molecule has 0 atom stereocenters. The van der Waals surface area contributed by atoms with Gasteiger partial charge in [0, 0.05) is 10.8 Å². The Morgan fingerprint density at radius 2 is 1.43 bits per heavy atom. The van der Waals surface area contributed by atoms with Gasteiger partial charge in [-0.3, -0.25) is 4.79 Å². The molecule has 124 valence electrons. The Bertz CT molecular complexity index is 380. The molecule has 1 fully saturated rings. The van der Waals surface area contributed by atoms with Crippen molar-refractivity contribution in [3.05, 3.63) is 0 Å². The molecule has 0 bridgehead atoms. The van der Waals surface area contributed by atoms with Gasteiger partial charge < -0.3 is 4.74 Å². The maximum atomic E-state index is 12.4. The van der Waals surface area contributed by atoms with E-state index >= 15 is 0 Å². The van der Waals surface area contributed by atoms with E-state index in [1.807, 2.05) is 20.8 Å². The van der Waals surface area contributed by atoms with Crippen molar-refractivity contribution in [2.45, 2.75) is 88.2 Å². The molecule has 0 aromatic heterocycles. The van der Waals surface area contributed by atoms with Crippen LogP contribution in [0.15, 0.2) is 0 Å². The molecule has 2 nitrogen and oxygen atoms in total. The quantitative estimate of drug-likeness (QED) is 0.644. The summed E-state index contributed by atoms with van der Waals surface area (Å²) in [4.78, 5) is 12.4. The van der Waals surface area contributed by atoms with Gasteiger partial charge in [-0.25, -0.2) is 0 Å². The van der Waals surface area contributed by atoms with Crippen molar-refractivity contribution in [1.82, 2.24) is 0 Å². The van der Waals surface area contributed by atoms with Crippen molar-refractivity contribution < 1.29 is 9.53 Å². The van der Waals surface area contributed by atoms with Gasteiger partial charge in [0.25, 0.3) is 0 Å². The number of carbonyl (C=O) groups is 1. The average molecular weight is 296 g/mol. The van der Waals surface area contributed by atoms with Crippen molar-refractivity contribution in [2.75, 3.05) is 0 Å². The van der Waals surface area contributed by atoms with Crippen LogP contribution in [0.3, 0.4) is 0 Å². The van der Waals surface area contributed by atoms with Gasteiger partial charge in [0.1, 0.15) is 6.10 Å². The van der Waals surface area contributed by atoms with E-state index in [9.17, 15) is 4.79 Å². The van der Waals surface area contributed by atoms with Gasteiger partial charge in [0.15, 0.2) is 0 Å². The van der Waals surface area contributed by atoms with E-state index in [1.54, 1.807) is 0 Å². The zero-order chi connectivity index (χ0) is 16.9. The average Bonchev–Trinajstić information content (AvgIpc) is 2.31. The van der Waals surface area contributed by atoms with Gasteiger partial charge in [-0.1, -0.05) is 55.4 Å². The third-order valence-electron chi connectivity index (χ3n) is 5.63. The molecule has 2 heteroatoms. The SMILES string of the molecule is CCC(C)(C)C(=O)OC1C(C)(C)C(CC(C)(C)C)C1(C)C.